The highest BCUT2D eigenvalue weighted by molar-refractivity contribution is 14.1. The SMILES string of the molecule is O=C(c1cc2cccc(F)c2o1)c1ccccc1I. The van der Waals surface area contributed by atoms with Gasteiger partial charge in [0.25, 0.3) is 0 Å². The smallest absolute Gasteiger partial charge is 0.229 e. The summed E-state index contributed by atoms with van der Waals surface area (Å²) in [5.74, 6) is -0.538. The van der Waals surface area contributed by atoms with Crippen molar-refractivity contribution in [2.75, 3.05) is 0 Å². The molecule has 0 amide bonds. The lowest BCUT2D eigenvalue weighted by Gasteiger charge is -1.99. The van der Waals surface area contributed by atoms with Crippen LogP contribution >= 0.6 is 22.6 Å². The van der Waals surface area contributed by atoms with Crippen LogP contribution in [0.4, 0.5) is 4.39 Å². The molecule has 3 rings (SSSR count). The molecule has 0 N–H and O–H groups in total. The number of halogens is 2. The highest BCUT2D eigenvalue weighted by Gasteiger charge is 2.17. The van der Waals surface area contributed by atoms with Crippen molar-refractivity contribution in [1.82, 2.24) is 0 Å². The summed E-state index contributed by atoms with van der Waals surface area (Å²) in [7, 11) is 0. The van der Waals surface area contributed by atoms with Crippen LogP contribution in [-0.4, -0.2) is 5.78 Å². The predicted molar refractivity (Wildman–Crippen MR) is 78.8 cm³/mol. The summed E-state index contributed by atoms with van der Waals surface area (Å²) in [6, 6.07) is 13.4. The van der Waals surface area contributed by atoms with Crippen LogP contribution < -0.4 is 0 Å². The molecule has 0 aliphatic rings. The molecule has 0 bridgehead atoms. The molecule has 0 spiro atoms. The molecule has 0 saturated carbocycles. The molecule has 3 aromatic rings. The maximum absolute atomic E-state index is 13.5. The highest BCUT2D eigenvalue weighted by atomic mass is 127. The molecule has 2 aromatic carbocycles. The molecule has 0 unspecified atom stereocenters. The number of para-hydroxylation sites is 1. The third-order valence-electron chi connectivity index (χ3n) is 2.84. The van der Waals surface area contributed by atoms with Crippen LogP contribution in [0.1, 0.15) is 16.1 Å². The van der Waals surface area contributed by atoms with Crippen LogP contribution in [0.5, 0.6) is 0 Å². The summed E-state index contributed by atoms with van der Waals surface area (Å²) in [5.41, 5.74) is 0.680. The Bertz CT molecular complexity index is 777. The van der Waals surface area contributed by atoms with E-state index in [1.165, 1.54) is 6.07 Å². The second-order valence-corrected chi connectivity index (χ2v) is 5.24. The zero-order chi connectivity index (χ0) is 13.4. The van der Waals surface area contributed by atoms with E-state index in [9.17, 15) is 9.18 Å². The van der Waals surface area contributed by atoms with Gasteiger partial charge in [-0.3, -0.25) is 4.79 Å². The van der Waals surface area contributed by atoms with E-state index >= 15 is 0 Å². The van der Waals surface area contributed by atoms with Gasteiger partial charge in [-0.2, -0.15) is 0 Å². The third-order valence-corrected chi connectivity index (χ3v) is 3.78. The van der Waals surface area contributed by atoms with E-state index in [4.69, 9.17) is 4.42 Å². The third kappa shape index (κ3) is 2.16. The van der Waals surface area contributed by atoms with Gasteiger partial charge in [-0.25, -0.2) is 4.39 Å². The molecule has 0 aliphatic heterocycles. The summed E-state index contributed by atoms with van der Waals surface area (Å²) >= 11 is 2.09. The van der Waals surface area contributed by atoms with Crippen molar-refractivity contribution in [2.24, 2.45) is 0 Å². The van der Waals surface area contributed by atoms with Gasteiger partial charge in [0, 0.05) is 14.5 Å². The largest absolute Gasteiger partial charge is 0.449 e. The molecule has 19 heavy (non-hydrogen) atoms. The van der Waals surface area contributed by atoms with E-state index in [-0.39, 0.29) is 17.1 Å². The predicted octanol–water partition coefficient (Wildman–Crippen LogP) is 4.41. The molecule has 0 atom stereocenters. The lowest BCUT2D eigenvalue weighted by molar-refractivity contribution is 0.101. The Morgan fingerprint density at radius 1 is 1.11 bits per heavy atom. The van der Waals surface area contributed by atoms with Crippen molar-refractivity contribution in [1.29, 1.82) is 0 Å². The van der Waals surface area contributed by atoms with Crippen molar-refractivity contribution in [3.63, 3.8) is 0 Å². The van der Waals surface area contributed by atoms with Gasteiger partial charge < -0.3 is 4.42 Å². The maximum atomic E-state index is 13.5. The van der Waals surface area contributed by atoms with E-state index in [2.05, 4.69) is 22.6 Å². The molecule has 0 aliphatic carbocycles. The Hall–Kier alpha value is -1.69. The number of ketones is 1. The second-order valence-electron chi connectivity index (χ2n) is 4.08. The van der Waals surface area contributed by atoms with E-state index in [0.717, 1.165) is 3.57 Å². The van der Waals surface area contributed by atoms with Crippen LogP contribution in [0.2, 0.25) is 0 Å². The fraction of sp³-hybridized carbons (Fsp3) is 0. The number of hydrogen-bond donors (Lipinski definition) is 0. The Balaban J connectivity index is 2.12. The minimum Gasteiger partial charge on any atom is -0.449 e. The van der Waals surface area contributed by atoms with E-state index in [1.807, 2.05) is 12.1 Å². The van der Waals surface area contributed by atoms with E-state index < -0.39 is 5.82 Å². The topological polar surface area (TPSA) is 30.2 Å². The minimum atomic E-state index is -0.459. The molecule has 4 heteroatoms. The van der Waals surface area contributed by atoms with Crippen LogP contribution in [0, 0.1) is 9.39 Å². The molecule has 0 radical (unpaired) electrons. The van der Waals surface area contributed by atoms with Gasteiger partial charge in [-0.15, -0.1) is 0 Å². The van der Waals surface area contributed by atoms with Gasteiger partial charge in [0.15, 0.2) is 17.2 Å². The van der Waals surface area contributed by atoms with Crippen molar-refractivity contribution in [3.8, 4) is 0 Å². The van der Waals surface area contributed by atoms with Gasteiger partial charge in [0.2, 0.25) is 5.78 Å². The second kappa shape index (κ2) is 4.77. The summed E-state index contributed by atoms with van der Waals surface area (Å²) in [5, 5.41) is 0.592. The average molecular weight is 366 g/mol. The fourth-order valence-corrected chi connectivity index (χ4v) is 2.55. The first-order chi connectivity index (χ1) is 9.16. The number of benzene rings is 2. The minimum absolute atomic E-state index is 0.122. The number of hydrogen-bond acceptors (Lipinski definition) is 2. The molecule has 0 fully saturated rings. The van der Waals surface area contributed by atoms with Crippen molar-refractivity contribution in [2.45, 2.75) is 0 Å². The molecule has 1 heterocycles. The molecular weight excluding hydrogens is 358 g/mol. The Labute approximate surface area is 122 Å². The number of rotatable bonds is 2. The maximum Gasteiger partial charge on any atom is 0.229 e. The molecule has 0 saturated heterocycles. The first kappa shape index (κ1) is 12.3. The molecule has 2 nitrogen and oxygen atoms in total. The van der Waals surface area contributed by atoms with E-state index in [0.29, 0.717) is 10.9 Å². The number of furan rings is 1. The zero-order valence-corrected chi connectivity index (χ0v) is 11.8. The van der Waals surface area contributed by atoms with E-state index in [1.54, 1.807) is 30.3 Å². The molecular formula is C15H8FIO2. The van der Waals surface area contributed by atoms with Crippen LogP contribution in [0.3, 0.4) is 0 Å². The lowest BCUT2D eigenvalue weighted by Crippen LogP contribution is -2.01. The monoisotopic (exact) mass is 366 g/mol. The van der Waals surface area contributed by atoms with Crippen LogP contribution in [-0.2, 0) is 0 Å². The van der Waals surface area contributed by atoms with Gasteiger partial charge in [-0.05, 0) is 46.9 Å². The van der Waals surface area contributed by atoms with Gasteiger partial charge >= 0.3 is 0 Å². The zero-order valence-electron chi connectivity index (χ0n) is 9.69. The van der Waals surface area contributed by atoms with Gasteiger partial charge in [0.1, 0.15) is 0 Å². The van der Waals surface area contributed by atoms with Crippen LogP contribution in [0.25, 0.3) is 11.0 Å². The lowest BCUT2D eigenvalue weighted by atomic mass is 10.1. The van der Waals surface area contributed by atoms with Crippen molar-refractivity contribution < 1.29 is 13.6 Å². The number of carbonyl (C=O) groups excluding carboxylic acids is 1. The Kier molecular flexibility index (Phi) is 3.10. The summed E-state index contributed by atoms with van der Waals surface area (Å²) in [6.45, 7) is 0. The first-order valence-electron chi connectivity index (χ1n) is 5.64. The first-order valence-corrected chi connectivity index (χ1v) is 6.72. The number of fused-ring (bicyclic) bond motifs is 1. The Morgan fingerprint density at radius 3 is 2.63 bits per heavy atom. The highest BCUT2D eigenvalue weighted by Crippen LogP contribution is 2.25. The normalized spacial score (nSPS) is 10.8. The number of carbonyl (C=O) groups is 1. The Morgan fingerprint density at radius 2 is 1.89 bits per heavy atom. The summed E-state index contributed by atoms with van der Waals surface area (Å²) < 4.78 is 19.7. The molecule has 94 valence electrons. The van der Waals surface area contributed by atoms with Crippen molar-refractivity contribution >= 4 is 39.3 Å². The summed E-state index contributed by atoms with van der Waals surface area (Å²) in [6.07, 6.45) is 0. The molecule has 1 aromatic heterocycles. The van der Waals surface area contributed by atoms with Gasteiger partial charge in [0.05, 0.1) is 0 Å². The average Bonchev–Trinajstić information content (AvgIpc) is 2.84. The van der Waals surface area contributed by atoms with Gasteiger partial charge in [-0.1, -0.05) is 24.3 Å². The summed E-state index contributed by atoms with van der Waals surface area (Å²) in [4.78, 5) is 12.3. The van der Waals surface area contributed by atoms with Crippen LogP contribution in [0.15, 0.2) is 52.9 Å². The van der Waals surface area contributed by atoms with Crippen molar-refractivity contribution in [3.05, 3.63) is 69.2 Å². The fourth-order valence-electron chi connectivity index (χ4n) is 1.92. The quantitative estimate of drug-likeness (QED) is 0.497. The standard InChI is InChI=1S/C15H8FIO2/c16-11-6-3-4-9-8-13(19-15(9)11)14(18)10-5-1-2-7-12(10)17/h1-8H.